The number of hydrogen-bond acceptors (Lipinski definition) is 5. The van der Waals surface area contributed by atoms with Crippen LogP contribution in [0.15, 0.2) is 36.4 Å². The molecule has 1 saturated carbocycles. The molecule has 0 atom stereocenters. The molecular formula is C27H35FN6O3. The van der Waals surface area contributed by atoms with Crippen LogP contribution in [-0.4, -0.2) is 70.9 Å². The van der Waals surface area contributed by atoms with E-state index >= 15 is 0 Å². The van der Waals surface area contributed by atoms with Gasteiger partial charge in [-0.2, -0.15) is 0 Å². The summed E-state index contributed by atoms with van der Waals surface area (Å²) in [5.74, 6) is -0.579. The van der Waals surface area contributed by atoms with Crippen LogP contribution in [0.5, 0.6) is 0 Å². The van der Waals surface area contributed by atoms with Gasteiger partial charge in [0, 0.05) is 50.4 Å². The number of urea groups is 1. The molecule has 37 heavy (non-hydrogen) atoms. The quantitative estimate of drug-likeness (QED) is 0.530. The summed E-state index contributed by atoms with van der Waals surface area (Å²) in [6.45, 7) is 9.17. The molecule has 10 heteroatoms. The van der Waals surface area contributed by atoms with Crippen molar-refractivity contribution in [3.63, 3.8) is 0 Å². The van der Waals surface area contributed by atoms with Gasteiger partial charge in [0.05, 0.1) is 11.4 Å². The van der Waals surface area contributed by atoms with E-state index in [4.69, 9.17) is 0 Å². The highest BCUT2D eigenvalue weighted by Crippen LogP contribution is 2.27. The van der Waals surface area contributed by atoms with Crippen LogP contribution in [0.2, 0.25) is 0 Å². The third-order valence-corrected chi connectivity index (χ3v) is 6.29. The number of carbonyl (C=O) groups is 3. The molecule has 4 rings (SSSR count). The second kappa shape index (κ2) is 11.2. The summed E-state index contributed by atoms with van der Waals surface area (Å²) in [5, 5.41) is 8.15. The monoisotopic (exact) mass is 510 g/mol. The van der Waals surface area contributed by atoms with Gasteiger partial charge < -0.3 is 20.9 Å². The number of pyridine rings is 1. The van der Waals surface area contributed by atoms with Gasteiger partial charge in [0.2, 0.25) is 0 Å². The lowest BCUT2D eigenvalue weighted by atomic mass is 10.1. The predicted octanol–water partition coefficient (Wildman–Crippen LogP) is 3.24. The minimum Gasteiger partial charge on any atom is -0.346 e. The van der Waals surface area contributed by atoms with Crippen LogP contribution < -0.4 is 16.0 Å². The highest BCUT2D eigenvalue weighted by atomic mass is 19.1. The van der Waals surface area contributed by atoms with E-state index in [0.29, 0.717) is 50.9 Å². The topological polar surface area (TPSA) is 107 Å². The van der Waals surface area contributed by atoms with Gasteiger partial charge in [0.25, 0.3) is 11.8 Å². The first-order valence-electron chi connectivity index (χ1n) is 12.7. The molecule has 1 saturated heterocycles. The lowest BCUT2D eigenvalue weighted by molar-refractivity contribution is 0.0626. The highest BCUT2D eigenvalue weighted by Gasteiger charge is 2.25. The van der Waals surface area contributed by atoms with Gasteiger partial charge in [0.1, 0.15) is 11.5 Å². The van der Waals surface area contributed by atoms with E-state index in [2.05, 4.69) is 25.8 Å². The fourth-order valence-corrected chi connectivity index (χ4v) is 4.09. The van der Waals surface area contributed by atoms with Crippen molar-refractivity contribution < 1.29 is 18.8 Å². The Morgan fingerprint density at radius 3 is 2.43 bits per heavy atom. The lowest BCUT2D eigenvalue weighted by Crippen LogP contribution is -2.48. The van der Waals surface area contributed by atoms with Gasteiger partial charge in [-0.05, 0) is 69.9 Å². The Morgan fingerprint density at radius 2 is 1.78 bits per heavy atom. The van der Waals surface area contributed by atoms with Crippen molar-refractivity contribution in [3.8, 4) is 0 Å². The molecule has 4 amide bonds. The van der Waals surface area contributed by atoms with Gasteiger partial charge in [-0.3, -0.25) is 14.5 Å². The van der Waals surface area contributed by atoms with E-state index in [0.717, 1.165) is 18.5 Å². The van der Waals surface area contributed by atoms with E-state index in [-0.39, 0.29) is 28.6 Å². The zero-order chi connectivity index (χ0) is 26.6. The molecule has 2 aromatic rings. The van der Waals surface area contributed by atoms with Gasteiger partial charge in [-0.15, -0.1) is 0 Å². The van der Waals surface area contributed by atoms with Crippen LogP contribution in [-0.2, 0) is 6.54 Å². The van der Waals surface area contributed by atoms with E-state index in [1.807, 2.05) is 32.9 Å². The van der Waals surface area contributed by atoms with Crippen LogP contribution in [0.3, 0.4) is 0 Å². The first kappa shape index (κ1) is 26.5. The van der Waals surface area contributed by atoms with Crippen LogP contribution in [0.25, 0.3) is 0 Å². The predicted molar refractivity (Wildman–Crippen MR) is 139 cm³/mol. The summed E-state index contributed by atoms with van der Waals surface area (Å²) in [4.78, 5) is 45.7. The minimum atomic E-state index is -0.646. The summed E-state index contributed by atoms with van der Waals surface area (Å²) in [6.07, 6.45) is 2.22. The van der Waals surface area contributed by atoms with Crippen molar-refractivity contribution in [2.45, 2.75) is 45.7 Å². The molecule has 0 bridgehead atoms. The maximum atomic E-state index is 14.6. The van der Waals surface area contributed by atoms with Crippen molar-refractivity contribution >= 4 is 23.5 Å². The third kappa shape index (κ3) is 7.72. The van der Waals surface area contributed by atoms with E-state index in [9.17, 15) is 18.8 Å². The Labute approximate surface area is 216 Å². The van der Waals surface area contributed by atoms with Crippen molar-refractivity contribution in [2.75, 3.05) is 38.0 Å². The summed E-state index contributed by atoms with van der Waals surface area (Å²) in [7, 11) is 0. The maximum Gasteiger partial charge on any atom is 0.319 e. The maximum absolute atomic E-state index is 14.6. The average Bonchev–Trinajstić information content (AvgIpc) is 3.68. The molecule has 3 N–H and O–H groups in total. The molecule has 0 spiro atoms. The van der Waals surface area contributed by atoms with E-state index < -0.39 is 11.8 Å². The fourth-order valence-electron chi connectivity index (χ4n) is 4.09. The third-order valence-electron chi connectivity index (χ3n) is 6.29. The number of anilines is 1. The van der Waals surface area contributed by atoms with Gasteiger partial charge in [-0.1, -0.05) is 6.07 Å². The number of nitrogens with zero attached hydrogens (tertiary/aromatic N) is 3. The number of nitrogens with one attached hydrogen (secondary N) is 3. The Bertz CT molecular complexity index is 1150. The molecule has 2 aliphatic rings. The average molecular weight is 511 g/mol. The standard InChI is InChI=1S/C27H35FN6O3/c1-27(2,3)32-24(35)23-6-4-5-20(30-23)17-33-11-13-34(14-12-33)25(36)19-9-10-22(21(28)15-19)31-26(37)29-16-18-7-8-18/h4-6,9-10,15,18H,7-8,11-14,16-17H2,1-3H3,(H,32,35)(H2,29,31,37). The first-order chi connectivity index (χ1) is 17.6. The minimum absolute atomic E-state index is 0.0422. The van der Waals surface area contributed by atoms with Crippen LogP contribution in [0.1, 0.15) is 60.2 Å². The summed E-state index contributed by atoms with van der Waals surface area (Å²) >= 11 is 0. The zero-order valence-electron chi connectivity index (χ0n) is 21.6. The van der Waals surface area contributed by atoms with Crippen LogP contribution in [0.4, 0.5) is 14.9 Å². The Morgan fingerprint density at radius 1 is 1.05 bits per heavy atom. The number of amides is 4. The Kier molecular flexibility index (Phi) is 8.06. The normalized spacial score (nSPS) is 16.3. The number of hydrogen-bond donors (Lipinski definition) is 3. The number of halogens is 1. The fraction of sp³-hybridized carbons (Fsp3) is 0.481. The number of rotatable bonds is 7. The SMILES string of the molecule is CC(C)(C)NC(=O)c1cccc(CN2CCN(C(=O)c3ccc(NC(=O)NCC4CC4)c(F)c3)CC2)n1. The van der Waals surface area contributed by atoms with Crippen LogP contribution >= 0.6 is 0 Å². The van der Waals surface area contributed by atoms with Crippen molar-refractivity contribution in [1.29, 1.82) is 0 Å². The molecule has 198 valence electrons. The smallest absolute Gasteiger partial charge is 0.319 e. The molecule has 1 aromatic carbocycles. The molecule has 1 aliphatic heterocycles. The zero-order valence-corrected chi connectivity index (χ0v) is 21.6. The second-order valence-electron chi connectivity index (χ2n) is 10.8. The van der Waals surface area contributed by atoms with Gasteiger partial charge in [0.15, 0.2) is 0 Å². The number of piperazine rings is 1. The van der Waals surface area contributed by atoms with Crippen molar-refractivity contribution in [1.82, 2.24) is 25.4 Å². The number of carbonyl (C=O) groups excluding carboxylic acids is 3. The van der Waals surface area contributed by atoms with E-state index in [1.165, 1.54) is 18.2 Å². The Balaban J connectivity index is 1.27. The van der Waals surface area contributed by atoms with Crippen molar-refractivity contribution in [3.05, 3.63) is 59.2 Å². The summed E-state index contributed by atoms with van der Waals surface area (Å²) in [5.41, 5.74) is 1.10. The Hall–Kier alpha value is -3.53. The molecule has 1 aromatic heterocycles. The number of aromatic nitrogens is 1. The summed E-state index contributed by atoms with van der Waals surface area (Å²) < 4.78 is 14.6. The highest BCUT2D eigenvalue weighted by molar-refractivity contribution is 5.96. The van der Waals surface area contributed by atoms with Gasteiger partial charge in [-0.25, -0.2) is 14.2 Å². The molecule has 2 heterocycles. The molecule has 0 radical (unpaired) electrons. The molecule has 9 nitrogen and oxygen atoms in total. The molecule has 1 aliphatic carbocycles. The van der Waals surface area contributed by atoms with E-state index in [1.54, 1.807) is 11.0 Å². The summed E-state index contributed by atoms with van der Waals surface area (Å²) in [6, 6.07) is 9.08. The van der Waals surface area contributed by atoms with Crippen molar-refractivity contribution in [2.24, 2.45) is 5.92 Å². The van der Waals surface area contributed by atoms with Crippen LogP contribution in [0, 0.1) is 11.7 Å². The largest absolute Gasteiger partial charge is 0.346 e. The lowest BCUT2D eigenvalue weighted by Gasteiger charge is -2.34. The molecular weight excluding hydrogens is 475 g/mol. The second-order valence-corrected chi connectivity index (χ2v) is 10.8. The first-order valence-corrected chi connectivity index (χ1v) is 12.7. The van der Waals surface area contributed by atoms with Gasteiger partial charge >= 0.3 is 6.03 Å². The molecule has 2 fully saturated rings. The molecule has 0 unspecified atom stereocenters. The number of benzene rings is 1.